The van der Waals surface area contributed by atoms with E-state index in [1.165, 1.54) is 17.4 Å². The summed E-state index contributed by atoms with van der Waals surface area (Å²) in [5, 5.41) is 11.6. The van der Waals surface area contributed by atoms with Crippen molar-refractivity contribution in [1.82, 2.24) is 14.8 Å². The lowest BCUT2D eigenvalue weighted by atomic mass is 9.97. The number of hydrogen-bond donors (Lipinski definition) is 0. The minimum Gasteiger partial charge on any atom is -0.368 e. The number of piperazine rings is 1. The van der Waals surface area contributed by atoms with E-state index in [9.17, 15) is 22.8 Å². The predicted octanol–water partition coefficient (Wildman–Crippen LogP) is 5.02. The Morgan fingerprint density at radius 3 is 2.23 bits per heavy atom. The van der Waals surface area contributed by atoms with Gasteiger partial charge in [-0.2, -0.15) is 18.4 Å². The monoisotopic (exact) mass is 553 g/mol. The molecule has 1 aromatic heterocycles. The van der Waals surface area contributed by atoms with Crippen LogP contribution < -0.4 is 4.90 Å². The van der Waals surface area contributed by atoms with Gasteiger partial charge < -0.3 is 14.7 Å². The lowest BCUT2D eigenvalue weighted by Crippen LogP contribution is -2.49. The number of carbonyl (C=O) groups is 2. The fourth-order valence-corrected chi connectivity index (χ4v) is 5.95. The van der Waals surface area contributed by atoms with Gasteiger partial charge in [0.15, 0.2) is 0 Å². The molecule has 2 aliphatic heterocycles. The summed E-state index contributed by atoms with van der Waals surface area (Å²) >= 11 is 1.45. The fraction of sp³-hybridized carbons (Fsp3) is 0.357. The zero-order valence-electron chi connectivity index (χ0n) is 21.0. The molecule has 0 spiro atoms. The molecule has 0 saturated carbocycles. The highest BCUT2D eigenvalue weighted by Crippen LogP contribution is 2.33. The van der Waals surface area contributed by atoms with E-state index in [0.717, 1.165) is 30.0 Å². The number of hydrogen-bond acceptors (Lipinski definition) is 6. The van der Waals surface area contributed by atoms with Crippen LogP contribution in [0.1, 0.15) is 55.7 Å². The molecule has 11 heteroatoms. The first kappa shape index (κ1) is 26.7. The van der Waals surface area contributed by atoms with Crippen LogP contribution in [-0.4, -0.2) is 65.9 Å². The van der Waals surface area contributed by atoms with Crippen molar-refractivity contribution in [2.45, 2.75) is 24.9 Å². The maximum atomic E-state index is 13.1. The molecule has 0 N–H and O–H groups in total. The number of benzene rings is 2. The van der Waals surface area contributed by atoms with Crippen molar-refractivity contribution in [3.05, 3.63) is 81.3 Å². The average Bonchev–Trinajstić information content (AvgIpc) is 3.47. The molecule has 0 radical (unpaired) electrons. The first-order chi connectivity index (χ1) is 18.7. The van der Waals surface area contributed by atoms with Gasteiger partial charge in [0.2, 0.25) is 0 Å². The smallest absolute Gasteiger partial charge is 0.368 e. The molecule has 3 heterocycles. The van der Waals surface area contributed by atoms with Gasteiger partial charge in [0.25, 0.3) is 11.8 Å². The number of aromatic nitrogens is 1. The van der Waals surface area contributed by atoms with Crippen molar-refractivity contribution >= 4 is 28.8 Å². The van der Waals surface area contributed by atoms with E-state index in [1.54, 1.807) is 45.5 Å². The van der Waals surface area contributed by atoms with Crippen LogP contribution in [0.5, 0.6) is 0 Å². The van der Waals surface area contributed by atoms with Crippen LogP contribution in [0.25, 0.3) is 0 Å². The Labute approximate surface area is 228 Å². The summed E-state index contributed by atoms with van der Waals surface area (Å²) in [7, 11) is 0. The third-order valence-electron chi connectivity index (χ3n) is 7.24. The number of thiazole rings is 1. The number of halogens is 3. The maximum absolute atomic E-state index is 13.1. The van der Waals surface area contributed by atoms with Gasteiger partial charge >= 0.3 is 6.18 Å². The number of anilines is 1. The lowest BCUT2D eigenvalue weighted by molar-refractivity contribution is -0.137. The Bertz CT molecular complexity index is 1380. The van der Waals surface area contributed by atoms with Crippen molar-refractivity contribution in [2.75, 3.05) is 44.2 Å². The molecular weight excluding hydrogens is 527 g/mol. The topological polar surface area (TPSA) is 80.5 Å². The van der Waals surface area contributed by atoms with Crippen molar-refractivity contribution < 1.29 is 22.8 Å². The molecule has 2 aliphatic rings. The number of rotatable bonds is 4. The lowest BCUT2D eigenvalue weighted by Gasteiger charge is -2.36. The van der Waals surface area contributed by atoms with Gasteiger partial charge in [-0.3, -0.25) is 9.59 Å². The Morgan fingerprint density at radius 2 is 1.59 bits per heavy atom. The minimum absolute atomic E-state index is 0.0581. The number of alkyl halides is 3. The normalized spacial score (nSPS) is 16.7. The molecule has 0 aliphatic carbocycles. The summed E-state index contributed by atoms with van der Waals surface area (Å²) in [6.45, 7) is 2.86. The number of amides is 2. The van der Waals surface area contributed by atoms with Gasteiger partial charge in [-0.15, -0.1) is 11.3 Å². The Kier molecular flexibility index (Phi) is 7.57. The van der Waals surface area contributed by atoms with Gasteiger partial charge in [0.1, 0.15) is 5.69 Å². The number of piperidine rings is 1. The summed E-state index contributed by atoms with van der Waals surface area (Å²) in [5.74, 6) is -0.0637. The van der Waals surface area contributed by atoms with E-state index >= 15 is 0 Å². The van der Waals surface area contributed by atoms with E-state index < -0.39 is 11.7 Å². The average molecular weight is 554 g/mol. The molecule has 2 saturated heterocycles. The second kappa shape index (κ2) is 11.1. The fourth-order valence-electron chi connectivity index (χ4n) is 4.98. The van der Waals surface area contributed by atoms with Crippen LogP contribution in [-0.2, 0) is 6.18 Å². The first-order valence-corrected chi connectivity index (χ1v) is 13.6. The van der Waals surface area contributed by atoms with Gasteiger partial charge in [-0.05, 0) is 55.3 Å². The third kappa shape index (κ3) is 5.91. The van der Waals surface area contributed by atoms with E-state index in [2.05, 4.69) is 4.98 Å². The van der Waals surface area contributed by atoms with E-state index in [-0.39, 0.29) is 17.7 Å². The molecular formula is C28H26F3N5O2S. The Balaban J connectivity index is 1.14. The second-order valence-corrected chi connectivity index (χ2v) is 10.5. The number of nitriles is 1. The number of nitrogens with zero attached hydrogens (tertiary/aromatic N) is 5. The van der Waals surface area contributed by atoms with Crippen LogP contribution >= 0.6 is 11.3 Å². The van der Waals surface area contributed by atoms with Crippen LogP contribution in [0.4, 0.5) is 18.9 Å². The summed E-state index contributed by atoms with van der Waals surface area (Å²) in [4.78, 5) is 35.9. The minimum atomic E-state index is -4.40. The van der Waals surface area contributed by atoms with E-state index in [0.29, 0.717) is 61.8 Å². The number of carbonyl (C=O) groups excluding carboxylic acids is 2. The van der Waals surface area contributed by atoms with Crippen molar-refractivity contribution in [3.63, 3.8) is 0 Å². The maximum Gasteiger partial charge on any atom is 0.416 e. The standard InChI is InChI=1S/C28H26F3N5O2S/c29-28(30,31)22-2-1-3-23(16-22)34-12-14-36(15-13-34)27(38)24-18-39-25(33-24)20-8-10-35(11-9-20)26(37)21-6-4-19(17-32)5-7-21/h1-7,16,18,20H,8-15H2. The summed E-state index contributed by atoms with van der Waals surface area (Å²) in [5.41, 5.74) is 1.27. The summed E-state index contributed by atoms with van der Waals surface area (Å²) in [6, 6.07) is 13.9. The van der Waals surface area contributed by atoms with E-state index in [1.807, 2.05) is 11.0 Å². The Hall–Kier alpha value is -3.91. The largest absolute Gasteiger partial charge is 0.416 e. The summed E-state index contributed by atoms with van der Waals surface area (Å²) < 4.78 is 39.2. The zero-order chi connectivity index (χ0) is 27.6. The molecule has 2 fully saturated rings. The van der Waals surface area contributed by atoms with Gasteiger partial charge in [0, 0.05) is 61.8 Å². The van der Waals surface area contributed by atoms with Crippen LogP contribution in [0, 0.1) is 11.3 Å². The third-order valence-corrected chi connectivity index (χ3v) is 8.25. The van der Waals surface area contributed by atoms with Crippen LogP contribution in [0.3, 0.4) is 0 Å². The quantitative estimate of drug-likeness (QED) is 0.454. The van der Waals surface area contributed by atoms with Gasteiger partial charge in [-0.1, -0.05) is 6.07 Å². The highest BCUT2D eigenvalue weighted by atomic mass is 32.1. The number of likely N-dealkylation sites (tertiary alicyclic amines) is 1. The molecule has 202 valence electrons. The molecule has 0 atom stereocenters. The molecule has 2 aromatic carbocycles. The molecule has 39 heavy (non-hydrogen) atoms. The van der Waals surface area contributed by atoms with Crippen molar-refractivity contribution in [3.8, 4) is 6.07 Å². The van der Waals surface area contributed by atoms with Crippen molar-refractivity contribution in [2.24, 2.45) is 0 Å². The second-order valence-electron chi connectivity index (χ2n) is 9.65. The molecule has 2 amide bonds. The SMILES string of the molecule is N#Cc1ccc(C(=O)N2CCC(c3nc(C(=O)N4CCN(c5cccc(C(F)(F)F)c5)CC4)cs3)CC2)cc1. The Morgan fingerprint density at radius 1 is 0.923 bits per heavy atom. The first-order valence-electron chi connectivity index (χ1n) is 12.7. The summed E-state index contributed by atoms with van der Waals surface area (Å²) in [6.07, 6.45) is -2.90. The van der Waals surface area contributed by atoms with Crippen LogP contribution in [0.2, 0.25) is 0 Å². The van der Waals surface area contributed by atoms with Gasteiger partial charge in [0.05, 0.1) is 22.2 Å². The van der Waals surface area contributed by atoms with Crippen molar-refractivity contribution in [1.29, 1.82) is 5.26 Å². The molecule has 0 unspecified atom stereocenters. The molecule has 5 rings (SSSR count). The van der Waals surface area contributed by atoms with E-state index in [4.69, 9.17) is 5.26 Å². The molecule has 7 nitrogen and oxygen atoms in total. The molecule has 0 bridgehead atoms. The predicted molar refractivity (Wildman–Crippen MR) is 141 cm³/mol. The zero-order valence-corrected chi connectivity index (χ0v) is 21.8. The molecule has 3 aromatic rings. The van der Waals surface area contributed by atoms with Gasteiger partial charge in [-0.25, -0.2) is 4.98 Å². The van der Waals surface area contributed by atoms with Crippen LogP contribution in [0.15, 0.2) is 53.9 Å². The highest BCUT2D eigenvalue weighted by molar-refractivity contribution is 7.09. The highest BCUT2D eigenvalue weighted by Gasteiger charge is 2.32.